The van der Waals surface area contributed by atoms with Crippen LogP contribution in [0.3, 0.4) is 0 Å². The molecule has 0 saturated carbocycles. The van der Waals surface area contributed by atoms with E-state index in [0.717, 1.165) is 29.2 Å². The molecular weight excluding hydrogens is 248 g/mol. The molecule has 19 heavy (non-hydrogen) atoms. The molecule has 0 aliphatic rings. The Kier molecular flexibility index (Phi) is 10.1. The van der Waals surface area contributed by atoms with E-state index in [1.165, 1.54) is 18.4 Å². The summed E-state index contributed by atoms with van der Waals surface area (Å²) in [5.74, 6) is 3.40. The third-order valence-corrected chi connectivity index (χ3v) is 3.18. The summed E-state index contributed by atoms with van der Waals surface area (Å²) < 4.78 is 0. The zero-order valence-corrected chi connectivity index (χ0v) is 13.5. The molecule has 1 atom stereocenters. The second-order valence-electron chi connectivity index (χ2n) is 5.01. The van der Waals surface area contributed by atoms with E-state index in [1.807, 2.05) is 19.1 Å². The molecule has 0 aliphatic heterocycles. The van der Waals surface area contributed by atoms with Gasteiger partial charge in [0.05, 0.1) is 0 Å². The Labute approximate surface area is 124 Å². The van der Waals surface area contributed by atoms with Crippen LogP contribution in [-0.4, -0.2) is 4.86 Å². The lowest BCUT2D eigenvalue weighted by molar-refractivity contribution is 0.560. The molecule has 0 amide bonds. The van der Waals surface area contributed by atoms with Crippen molar-refractivity contribution in [3.63, 3.8) is 0 Å². The summed E-state index contributed by atoms with van der Waals surface area (Å²) in [6.07, 6.45) is 9.98. The Morgan fingerprint density at radius 3 is 2.47 bits per heavy atom. The van der Waals surface area contributed by atoms with Crippen molar-refractivity contribution < 1.29 is 0 Å². The van der Waals surface area contributed by atoms with Gasteiger partial charge in [0.15, 0.2) is 0 Å². The highest BCUT2D eigenvalue weighted by Crippen LogP contribution is 2.12. The third-order valence-electron chi connectivity index (χ3n) is 2.98. The van der Waals surface area contributed by atoms with E-state index in [2.05, 4.69) is 38.8 Å². The molecule has 0 saturated heterocycles. The van der Waals surface area contributed by atoms with Crippen LogP contribution in [-0.2, 0) is 6.42 Å². The van der Waals surface area contributed by atoms with E-state index >= 15 is 0 Å². The Hall–Kier alpha value is -1.13. The number of hydrogen-bond acceptors (Lipinski definition) is 1. The Morgan fingerprint density at radius 2 is 2.05 bits per heavy atom. The summed E-state index contributed by atoms with van der Waals surface area (Å²) in [6.45, 7) is 8.60. The molecule has 0 aromatic heterocycles. The summed E-state index contributed by atoms with van der Waals surface area (Å²) in [6, 6.07) is 8.26. The van der Waals surface area contributed by atoms with Gasteiger partial charge in [0.25, 0.3) is 0 Å². The molecule has 0 spiro atoms. The van der Waals surface area contributed by atoms with Gasteiger partial charge in [0.1, 0.15) is 0 Å². The number of thiocarbonyl (C=S) groups is 1. The predicted molar refractivity (Wildman–Crippen MR) is 90.7 cm³/mol. The molecule has 0 heterocycles. The van der Waals surface area contributed by atoms with E-state index in [4.69, 9.17) is 18.6 Å². The Balaban J connectivity index is 0.000000459. The van der Waals surface area contributed by atoms with Crippen molar-refractivity contribution in [2.45, 2.75) is 53.4 Å². The minimum absolute atomic E-state index is 0.744. The van der Waals surface area contributed by atoms with Gasteiger partial charge in [-0.05, 0) is 48.2 Å². The molecule has 1 aromatic rings. The normalized spacial score (nSPS) is 10.9. The molecular formula is C18H26S. The average Bonchev–Trinajstić information content (AvgIpc) is 2.39. The molecule has 1 unspecified atom stereocenters. The van der Waals surface area contributed by atoms with E-state index in [-0.39, 0.29) is 0 Å². The molecule has 1 heteroatoms. The topological polar surface area (TPSA) is 0 Å². The number of rotatable bonds is 5. The Bertz CT molecular complexity index is 412. The molecule has 1 rings (SSSR count). The summed E-state index contributed by atoms with van der Waals surface area (Å²) in [7, 11) is 0. The third kappa shape index (κ3) is 9.45. The van der Waals surface area contributed by atoms with E-state index in [0.29, 0.717) is 0 Å². The fourth-order valence-electron chi connectivity index (χ4n) is 1.69. The molecule has 0 N–H and O–H groups in total. The van der Waals surface area contributed by atoms with Crippen LogP contribution in [0.1, 0.15) is 58.1 Å². The van der Waals surface area contributed by atoms with Crippen molar-refractivity contribution in [1.82, 2.24) is 0 Å². The van der Waals surface area contributed by atoms with Crippen LogP contribution in [0.4, 0.5) is 0 Å². The predicted octanol–water partition coefficient (Wildman–Crippen LogP) is 5.43. The van der Waals surface area contributed by atoms with Crippen LogP contribution in [0, 0.1) is 18.3 Å². The maximum absolute atomic E-state index is 5.33. The van der Waals surface area contributed by atoms with Crippen molar-refractivity contribution in [3.8, 4) is 12.3 Å². The van der Waals surface area contributed by atoms with Crippen molar-refractivity contribution in [2.75, 3.05) is 0 Å². The highest BCUT2D eigenvalue weighted by molar-refractivity contribution is 7.80. The number of hydrogen-bond donors (Lipinski definition) is 0. The van der Waals surface area contributed by atoms with Gasteiger partial charge in [-0.2, -0.15) is 0 Å². The maximum Gasteiger partial charge on any atom is 0.0245 e. The summed E-state index contributed by atoms with van der Waals surface area (Å²) >= 11 is 4.79. The van der Waals surface area contributed by atoms with E-state index in [9.17, 15) is 0 Å². The summed E-state index contributed by atoms with van der Waals surface area (Å²) in [4.78, 5) is 1.12. The van der Waals surface area contributed by atoms with Crippen molar-refractivity contribution >= 4 is 17.1 Å². The fourth-order valence-corrected chi connectivity index (χ4v) is 1.89. The molecule has 1 aromatic carbocycles. The lowest BCUT2D eigenvalue weighted by atomic mass is 9.98. The first kappa shape index (κ1) is 17.9. The highest BCUT2D eigenvalue weighted by atomic mass is 32.1. The second-order valence-corrected chi connectivity index (χ2v) is 5.71. The van der Waals surface area contributed by atoms with Crippen LogP contribution in [0.25, 0.3) is 0 Å². The largest absolute Gasteiger partial charge is 0.115 e. The van der Waals surface area contributed by atoms with Gasteiger partial charge >= 0.3 is 0 Å². The van der Waals surface area contributed by atoms with Gasteiger partial charge in [-0.1, -0.05) is 63.9 Å². The molecule has 0 nitrogen and oxygen atoms in total. The zero-order valence-electron chi connectivity index (χ0n) is 12.7. The van der Waals surface area contributed by atoms with Gasteiger partial charge in [0.2, 0.25) is 0 Å². The van der Waals surface area contributed by atoms with Crippen LogP contribution in [0.5, 0.6) is 0 Å². The summed E-state index contributed by atoms with van der Waals surface area (Å²) in [5, 5.41) is 0. The minimum Gasteiger partial charge on any atom is -0.115 e. The number of terminal acetylenes is 1. The maximum atomic E-state index is 5.33. The fraction of sp³-hybridized carbons (Fsp3) is 0.500. The SMILES string of the molecule is C#Cc1cccc(CC(C)CC)c1.CCCC(C)=S. The monoisotopic (exact) mass is 274 g/mol. The standard InChI is InChI=1S/C13H16.C5H10S/c1-4-11(3)9-13-8-6-7-12(5-2)10-13;1-3-4-5(2)6/h2,6-8,10-11H,4,9H2,1,3H3;3-4H2,1-2H3. The molecule has 0 fully saturated rings. The minimum atomic E-state index is 0.744. The smallest absolute Gasteiger partial charge is 0.0245 e. The van der Waals surface area contributed by atoms with Crippen LogP contribution >= 0.6 is 12.2 Å². The molecule has 0 aliphatic carbocycles. The van der Waals surface area contributed by atoms with Crippen LogP contribution < -0.4 is 0 Å². The van der Waals surface area contributed by atoms with Gasteiger partial charge in [-0.3, -0.25) is 0 Å². The van der Waals surface area contributed by atoms with E-state index in [1.54, 1.807) is 0 Å². The van der Waals surface area contributed by atoms with Gasteiger partial charge < -0.3 is 0 Å². The Morgan fingerprint density at radius 1 is 1.37 bits per heavy atom. The lowest BCUT2D eigenvalue weighted by Crippen LogP contribution is -1.97. The molecule has 0 radical (unpaired) electrons. The first-order valence-electron chi connectivity index (χ1n) is 7.08. The highest BCUT2D eigenvalue weighted by Gasteiger charge is 2.00. The summed E-state index contributed by atoms with van der Waals surface area (Å²) in [5.41, 5.74) is 2.34. The van der Waals surface area contributed by atoms with Crippen LogP contribution in [0.15, 0.2) is 24.3 Å². The van der Waals surface area contributed by atoms with Crippen molar-refractivity contribution in [1.29, 1.82) is 0 Å². The number of benzene rings is 1. The van der Waals surface area contributed by atoms with Gasteiger partial charge in [-0.15, -0.1) is 6.42 Å². The lowest BCUT2D eigenvalue weighted by Gasteiger charge is -2.07. The van der Waals surface area contributed by atoms with Crippen molar-refractivity contribution in [3.05, 3.63) is 35.4 Å². The first-order chi connectivity index (χ1) is 9.03. The van der Waals surface area contributed by atoms with Crippen molar-refractivity contribution in [2.24, 2.45) is 5.92 Å². The van der Waals surface area contributed by atoms with Gasteiger partial charge in [-0.25, -0.2) is 0 Å². The zero-order chi connectivity index (χ0) is 14.7. The van der Waals surface area contributed by atoms with Gasteiger partial charge in [0, 0.05) is 5.56 Å². The van der Waals surface area contributed by atoms with E-state index < -0.39 is 0 Å². The average molecular weight is 274 g/mol. The molecule has 104 valence electrons. The quantitative estimate of drug-likeness (QED) is 0.509. The second kappa shape index (κ2) is 10.8. The first-order valence-corrected chi connectivity index (χ1v) is 7.49. The molecule has 0 bridgehead atoms. The van der Waals surface area contributed by atoms with Crippen LogP contribution in [0.2, 0.25) is 0 Å².